The van der Waals surface area contributed by atoms with Crippen molar-refractivity contribution in [2.45, 2.75) is 20.4 Å². The Hall–Kier alpha value is -3.23. The fourth-order valence-electron chi connectivity index (χ4n) is 2.57. The molecule has 9 nitrogen and oxygen atoms in total. The van der Waals surface area contributed by atoms with Crippen molar-refractivity contribution >= 4 is 17.8 Å². The maximum Gasteiger partial charge on any atom is 0.343 e. The number of ether oxygens (including phenoxy) is 3. The fraction of sp³-hybridized carbons (Fsp3) is 0.389. The zero-order valence-corrected chi connectivity index (χ0v) is 16.1. The number of nitrogens with one attached hydrogen (secondary N) is 2. The lowest BCUT2D eigenvalue weighted by atomic mass is 10.2. The molecule has 0 aliphatic carbocycles. The number of carbonyl (C=O) groups is 2. The van der Waals surface area contributed by atoms with Crippen molar-refractivity contribution in [3.63, 3.8) is 0 Å². The number of carbonyl (C=O) groups excluding carboxylic acids is 2. The molecule has 2 amide bonds. The zero-order chi connectivity index (χ0) is 20.0. The summed E-state index contributed by atoms with van der Waals surface area (Å²) in [5.74, 6) is 0.924. The molecule has 0 atom stereocenters. The molecule has 0 saturated heterocycles. The summed E-state index contributed by atoms with van der Waals surface area (Å²) in [6, 6.07) is 4.88. The van der Waals surface area contributed by atoms with Crippen molar-refractivity contribution in [3.8, 4) is 11.5 Å². The number of esters is 1. The third kappa shape index (κ3) is 4.69. The average Bonchev–Trinajstić information content (AvgIpc) is 2.93. The van der Waals surface area contributed by atoms with Gasteiger partial charge in [-0.15, -0.1) is 0 Å². The van der Waals surface area contributed by atoms with Crippen LogP contribution in [0.15, 0.2) is 18.2 Å². The van der Waals surface area contributed by atoms with Crippen LogP contribution in [0, 0.1) is 6.92 Å². The van der Waals surface area contributed by atoms with Gasteiger partial charge in [0.2, 0.25) is 0 Å². The van der Waals surface area contributed by atoms with Gasteiger partial charge < -0.3 is 19.5 Å². The van der Waals surface area contributed by atoms with Crippen LogP contribution < -0.4 is 20.1 Å². The largest absolute Gasteiger partial charge is 0.493 e. The normalized spacial score (nSPS) is 10.3. The molecule has 0 aliphatic heterocycles. The lowest BCUT2D eigenvalue weighted by Crippen LogP contribution is -2.30. The number of methoxy groups -OCH3 is 2. The molecule has 0 bridgehead atoms. The van der Waals surface area contributed by atoms with Crippen LogP contribution >= 0.6 is 0 Å². The molecule has 1 aromatic carbocycles. The third-order valence-electron chi connectivity index (χ3n) is 3.83. The van der Waals surface area contributed by atoms with Crippen LogP contribution in [0.2, 0.25) is 0 Å². The molecule has 146 valence electrons. The minimum Gasteiger partial charge on any atom is -0.493 e. The summed E-state index contributed by atoms with van der Waals surface area (Å²) in [5, 5.41) is 9.56. The van der Waals surface area contributed by atoms with E-state index in [1.165, 1.54) is 4.68 Å². The molecule has 1 heterocycles. The third-order valence-corrected chi connectivity index (χ3v) is 3.83. The molecule has 0 saturated carbocycles. The SMILES string of the molecule is CCOC(=O)c1c(C)nn(C)c1NC(=O)NCc1ccc(OC)c(OC)c1. The van der Waals surface area contributed by atoms with E-state index >= 15 is 0 Å². The monoisotopic (exact) mass is 376 g/mol. The van der Waals surface area contributed by atoms with Crippen LogP contribution in [0.3, 0.4) is 0 Å². The number of hydrogen-bond acceptors (Lipinski definition) is 6. The highest BCUT2D eigenvalue weighted by atomic mass is 16.5. The standard InChI is InChI=1S/C18H24N4O5/c1-6-27-17(23)15-11(2)21-22(3)16(15)20-18(24)19-10-12-7-8-13(25-4)14(9-12)26-5/h7-9H,6,10H2,1-5H3,(H2,19,20,24). The number of amides is 2. The first-order chi connectivity index (χ1) is 12.9. The van der Waals surface area contributed by atoms with Crippen molar-refractivity contribution in [2.75, 3.05) is 26.1 Å². The molecule has 0 radical (unpaired) electrons. The fourth-order valence-corrected chi connectivity index (χ4v) is 2.57. The topological polar surface area (TPSA) is 104 Å². The molecular formula is C18H24N4O5. The van der Waals surface area contributed by atoms with Crippen molar-refractivity contribution in [3.05, 3.63) is 35.0 Å². The van der Waals surface area contributed by atoms with Crippen molar-refractivity contribution in [1.29, 1.82) is 0 Å². The summed E-state index contributed by atoms with van der Waals surface area (Å²) in [6.07, 6.45) is 0. The van der Waals surface area contributed by atoms with Gasteiger partial charge in [-0.1, -0.05) is 6.07 Å². The predicted molar refractivity (Wildman–Crippen MR) is 99.3 cm³/mol. The van der Waals surface area contributed by atoms with Gasteiger partial charge in [-0.2, -0.15) is 5.10 Å². The molecule has 0 fully saturated rings. The summed E-state index contributed by atoms with van der Waals surface area (Å²) >= 11 is 0. The minimum absolute atomic E-state index is 0.234. The summed E-state index contributed by atoms with van der Waals surface area (Å²) in [6.45, 7) is 3.89. The molecule has 0 unspecified atom stereocenters. The first-order valence-corrected chi connectivity index (χ1v) is 8.37. The second-order valence-electron chi connectivity index (χ2n) is 5.65. The number of benzene rings is 1. The number of urea groups is 1. The number of nitrogens with zero attached hydrogens (tertiary/aromatic N) is 2. The molecule has 2 N–H and O–H groups in total. The molecule has 2 rings (SSSR count). The molecule has 2 aromatic rings. The summed E-state index contributed by atoms with van der Waals surface area (Å²) in [5.41, 5.74) is 1.54. The highest BCUT2D eigenvalue weighted by Crippen LogP contribution is 2.27. The van der Waals surface area contributed by atoms with Gasteiger partial charge in [0.1, 0.15) is 11.4 Å². The van der Waals surface area contributed by atoms with E-state index in [1.54, 1.807) is 47.2 Å². The van der Waals surface area contributed by atoms with Gasteiger partial charge in [0.05, 0.1) is 26.5 Å². The smallest absolute Gasteiger partial charge is 0.343 e. The van der Waals surface area contributed by atoms with Gasteiger partial charge in [-0.25, -0.2) is 9.59 Å². The van der Waals surface area contributed by atoms with E-state index in [1.807, 2.05) is 6.07 Å². The lowest BCUT2D eigenvalue weighted by molar-refractivity contribution is 0.0526. The molecule has 0 aliphatic rings. The second kappa shape index (κ2) is 8.93. The van der Waals surface area contributed by atoms with Gasteiger partial charge in [0.25, 0.3) is 0 Å². The Balaban J connectivity index is 2.07. The molecular weight excluding hydrogens is 352 g/mol. The zero-order valence-electron chi connectivity index (χ0n) is 16.1. The number of rotatable bonds is 7. The Morgan fingerprint density at radius 2 is 1.89 bits per heavy atom. The summed E-state index contributed by atoms with van der Waals surface area (Å²) < 4.78 is 16.9. The van der Waals surface area contributed by atoms with E-state index < -0.39 is 12.0 Å². The van der Waals surface area contributed by atoms with E-state index in [9.17, 15) is 9.59 Å². The minimum atomic E-state index is -0.529. The van der Waals surface area contributed by atoms with E-state index in [4.69, 9.17) is 14.2 Å². The number of aryl methyl sites for hydroxylation is 2. The van der Waals surface area contributed by atoms with Crippen molar-refractivity contribution in [1.82, 2.24) is 15.1 Å². The highest BCUT2D eigenvalue weighted by molar-refractivity contribution is 6.00. The maximum atomic E-state index is 12.3. The molecule has 1 aromatic heterocycles. The van der Waals surface area contributed by atoms with Crippen LogP contribution in [-0.2, 0) is 18.3 Å². The quantitative estimate of drug-likeness (QED) is 0.719. The first-order valence-electron chi connectivity index (χ1n) is 8.37. The van der Waals surface area contributed by atoms with Crippen LogP contribution in [0.25, 0.3) is 0 Å². The van der Waals surface area contributed by atoms with Crippen LogP contribution in [0.4, 0.5) is 10.6 Å². The molecule has 9 heteroatoms. The first kappa shape index (κ1) is 20.1. The number of hydrogen-bond donors (Lipinski definition) is 2. The van der Waals surface area contributed by atoms with Gasteiger partial charge in [0, 0.05) is 13.6 Å². The average molecular weight is 376 g/mol. The van der Waals surface area contributed by atoms with Crippen LogP contribution in [0.1, 0.15) is 28.5 Å². The van der Waals surface area contributed by atoms with E-state index in [2.05, 4.69) is 15.7 Å². The van der Waals surface area contributed by atoms with E-state index in [0.29, 0.717) is 17.2 Å². The van der Waals surface area contributed by atoms with Crippen LogP contribution in [0.5, 0.6) is 11.5 Å². The Kier molecular flexibility index (Phi) is 6.64. The Morgan fingerprint density at radius 3 is 2.52 bits per heavy atom. The Labute approximate surface area is 157 Å². The van der Waals surface area contributed by atoms with E-state index in [0.717, 1.165) is 5.56 Å². The number of aromatic nitrogens is 2. The molecule has 27 heavy (non-hydrogen) atoms. The van der Waals surface area contributed by atoms with E-state index in [-0.39, 0.29) is 24.5 Å². The van der Waals surface area contributed by atoms with Gasteiger partial charge in [0.15, 0.2) is 11.5 Å². The van der Waals surface area contributed by atoms with Gasteiger partial charge >= 0.3 is 12.0 Å². The van der Waals surface area contributed by atoms with Crippen LogP contribution in [-0.4, -0.2) is 42.6 Å². The van der Waals surface area contributed by atoms with Crippen molar-refractivity contribution in [2.24, 2.45) is 7.05 Å². The Bertz CT molecular complexity index is 831. The van der Waals surface area contributed by atoms with Gasteiger partial charge in [-0.05, 0) is 31.5 Å². The Morgan fingerprint density at radius 1 is 1.19 bits per heavy atom. The summed E-state index contributed by atoms with van der Waals surface area (Å²) in [7, 11) is 4.74. The number of anilines is 1. The lowest BCUT2D eigenvalue weighted by Gasteiger charge is -2.12. The maximum absolute atomic E-state index is 12.3. The molecule has 0 spiro atoms. The van der Waals surface area contributed by atoms with Gasteiger partial charge in [-0.3, -0.25) is 10.00 Å². The van der Waals surface area contributed by atoms with Crippen molar-refractivity contribution < 1.29 is 23.8 Å². The predicted octanol–water partition coefficient (Wildman–Crippen LogP) is 2.24. The summed E-state index contributed by atoms with van der Waals surface area (Å²) in [4.78, 5) is 24.4. The second-order valence-corrected chi connectivity index (χ2v) is 5.65. The highest BCUT2D eigenvalue weighted by Gasteiger charge is 2.22.